The molecule has 3 aliphatic rings. The normalized spacial score (nSPS) is 29.6. The van der Waals surface area contributed by atoms with E-state index in [1.54, 1.807) is 29.7 Å². The summed E-state index contributed by atoms with van der Waals surface area (Å²) >= 11 is 1.59. The number of carbonyl (C=O) groups excluding carboxylic acids is 3. The molecule has 3 heterocycles. The van der Waals surface area contributed by atoms with Gasteiger partial charge in [0.15, 0.2) is 0 Å². The fraction of sp³-hybridized carbons (Fsp3) is 0.519. The van der Waals surface area contributed by atoms with E-state index in [0.717, 1.165) is 23.2 Å². The van der Waals surface area contributed by atoms with Crippen molar-refractivity contribution in [3.63, 3.8) is 0 Å². The summed E-state index contributed by atoms with van der Waals surface area (Å²) in [5.41, 5.74) is 2.74. The number of carbonyl (C=O) groups is 3. The smallest absolute Gasteiger partial charge is 0.311 e. The van der Waals surface area contributed by atoms with Gasteiger partial charge in [0.2, 0.25) is 5.91 Å². The van der Waals surface area contributed by atoms with E-state index in [-0.39, 0.29) is 36.8 Å². The van der Waals surface area contributed by atoms with Crippen LogP contribution in [0.2, 0.25) is 0 Å². The third-order valence-corrected chi connectivity index (χ3v) is 9.51. The summed E-state index contributed by atoms with van der Waals surface area (Å²) in [6, 6.07) is 4.58. The third kappa shape index (κ3) is 4.00. The molecule has 6 atom stereocenters. The van der Waals surface area contributed by atoms with E-state index < -0.39 is 34.6 Å². The van der Waals surface area contributed by atoms with Crippen LogP contribution in [0.1, 0.15) is 30.9 Å². The van der Waals surface area contributed by atoms with Crippen molar-refractivity contribution in [3.8, 4) is 0 Å². The maximum Gasteiger partial charge on any atom is 0.311 e. The Labute approximate surface area is 211 Å². The quantitative estimate of drug-likeness (QED) is 0.416. The number of hydrogen-bond donors (Lipinski definition) is 1. The molecule has 7 nitrogen and oxygen atoms in total. The number of fused-ring (bicyclic) bond motifs is 1. The zero-order valence-corrected chi connectivity index (χ0v) is 21.4. The van der Waals surface area contributed by atoms with Gasteiger partial charge in [-0.15, -0.1) is 18.3 Å². The number of nitrogens with zero attached hydrogens (tertiary/aromatic N) is 2. The molecule has 1 aromatic rings. The Hall–Kier alpha value is -2.58. The molecule has 2 amide bonds. The predicted molar refractivity (Wildman–Crippen MR) is 137 cm³/mol. The van der Waals surface area contributed by atoms with E-state index in [9.17, 15) is 19.5 Å². The number of aliphatic hydroxyl groups excluding tert-OH is 1. The number of ether oxygens (including phenoxy) is 1. The summed E-state index contributed by atoms with van der Waals surface area (Å²) < 4.78 is 4.65. The molecule has 4 rings (SSSR count). The summed E-state index contributed by atoms with van der Waals surface area (Å²) in [5, 5.41) is 9.96. The minimum atomic E-state index is -0.797. The van der Waals surface area contributed by atoms with Crippen molar-refractivity contribution in [2.75, 3.05) is 24.7 Å². The van der Waals surface area contributed by atoms with E-state index in [4.69, 9.17) is 4.74 Å². The Balaban J connectivity index is 1.80. The van der Waals surface area contributed by atoms with Crippen LogP contribution in [0.4, 0.5) is 5.69 Å². The van der Waals surface area contributed by atoms with Gasteiger partial charge in [0.1, 0.15) is 12.6 Å². The van der Waals surface area contributed by atoms with Crippen molar-refractivity contribution in [1.29, 1.82) is 0 Å². The molecule has 0 radical (unpaired) electrons. The maximum atomic E-state index is 14.4. The van der Waals surface area contributed by atoms with Crippen LogP contribution in [0.15, 0.2) is 43.5 Å². The summed E-state index contributed by atoms with van der Waals surface area (Å²) in [4.78, 5) is 44.6. The molecule has 1 aromatic carbocycles. The molecule has 35 heavy (non-hydrogen) atoms. The van der Waals surface area contributed by atoms with Crippen molar-refractivity contribution >= 4 is 35.2 Å². The second-order valence-corrected chi connectivity index (χ2v) is 11.4. The highest BCUT2D eigenvalue weighted by Crippen LogP contribution is 2.67. The standard InChI is InChI=1S/C27H34N2O5S/c1-6-12-28(19-14-16(3)8-9-17(19)4)25(32)23-27-11-10-20(35-27)21(26(33)34-13-7-2)22(27)24(31)29(23)18(5)15-30/h6-9,14,18,20-23,30H,1-2,10-13,15H2,3-5H3/t18-,20+,21-,22+,23?,27?/m1/s1. The highest BCUT2D eigenvalue weighted by atomic mass is 32.2. The minimum Gasteiger partial charge on any atom is -0.461 e. The number of aliphatic hydroxyl groups is 1. The first-order chi connectivity index (χ1) is 16.7. The molecule has 1 spiro atoms. The van der Waals surface area contributed by atoms with Crippen LogP contribution < -0.4 is 4.90 Å². The minimum absolute atomic E-state index is 0.0725. The number of anilines is 1. The number of benzene rings is 1. The van der Waals surface area contributed by atoms with Crippen LogP contribution in [-0.2, 0) is 19.1 Å². The summed E-state index contributed by atoms with van der Waals surface area (Å²) in [5.74, 6) is -2.14. The second kappa shape index (κ2) is 9.82. The highest BCUT2D eigenvalue weighted by Gasteiger charge is 2.74. The van der Waals surface area contributed by atoms with Crippen molar-refractivity contribution < 1.29 is 24.2 Å². The number of esters is 1. The number of likely N-dealkylation sites (tertiary alicyclic amines) is 1. The number of thioether (sulfide) groups is 1. The van der Waals surface area contributed by atoms with E-state index in [2.05, 4.69) is 13.2 Å². The van der Waals surface area contributed by atoms with Crippen LogP contribution >= 0.6 is 11.8 Å². The van der Waals surface area contributed by atoms with Gasteiger partial charge in [-0.05, 0) is 50.8 Å². The maximum absolute atomic E-state index is 14.4. The van der Waals surface area contributed by atoms with Gasteiger partial charge in [0.05, 0.1) is 29.2 Å². The first kappa shape index (κ1) is 25.5. The molecule has 2 bridgehead atoms. The molecule has 3 aliphatic heterocycles. The van der Waals surface area contributed by atoms with Crippen LogP contribution in [0.3, 0.4) is 0 Å². The number of rotatable bonds is 9. The zero-order chi connectivity index (χ0) is 25.5. The Morgan fingerprint density at radius 3 is 2.74 bits per heavy atom. The summed E-state index contributed by atoms with van der Waals surface area (Å²) in [6.45, 7) is 13.2. The van der Waals surface area contributed by atoms with E-state index >= 15 is 0 Å². The first-order valence-electron chi connectivity index (χ1n) is 12.1. The fourth-order valence-electron chi connectivity index (χ4n) is 6.03. The zero-order valence-electron chi connectivity index (χ0n) is 20.6. The Bertz CT molecular complexity index is 1060. The van der Waals surface area contributed by atoms with Crippen molar-refractivity contribution in [2.45, 2.75) is 55.7 Å². The second-order valence-electron chi connectivity index (χ2n) is 9.78. The van der Waals surface area contributed by atoms with Crippen molar-refractivity contribution in [2.24, 2.45) is 11.8 Å². The molecule has 0 aromatic heterocycles. The predicted octanol–water partition coefficient (Wildman–Crippen LogP) is 3.02. The molecule has 0 saturated carbocycles. The average molecular weight is 499 g/mol. The Morgan fingerprint density at radius 1 is 1.34 bits per heavy atom. The van der Waals surface area contributed by atoms with Gasteiger partial charge in [-0.3, -0.25) is 14.4 Å². The van der Waals surface area contributed by atoms with E-state index in [1.165, 1.54) is 11.0 Å². The van der Waals surface area contributed by atoms with E-state index in [0.29, 0.717) is 6.42 Å². The largest absolute Gasteiger partial charge is 0.461 e. The monoisotopic (exact) mass is 498 g/mol. The van der Waals surface area contributed by atoms with E-state index in [1.807, 2.05) is 32.0 Å². The van der Waals surface area contributed by atoms with Crippen LogP contribution in [-0.4, -0.2) is 69.6 Å². The van der Waals surface area contributed by atoms with Crippen molar-refractivity contribution in [1.82, 2.24) is 4.90 Å². The van der Waals surface area contributed by atoms with Gasteiger partial charge >= 0.3 is 5.97 Å². The number of amides is 2. The van der Waals surface area contributed by atoms with Gasteiger partial charge in [-0.25, -0.2) is 0 Å². The Kier molecular flexibility index (Phi) is 7.16. The van der Waals surface area contributed by atoms with Gasteiger partial charge in [0.25, 0.3) is 5.91 Å². The lowest BCUT2D eigenvalue weighted by Crippen LogP contribution is -2.57. The molecule has 3 fully saturated rings. The van der Waals surface area contributed by atoms with Crippen LogP contribution in [0.5, 0.6) is 0 Å². The molecule has 0 aliphatic carbocycles. The lowest BCUT2D eigenvalue weighted by molar-refractivity contribution is -0.153. The van der Waals surface area contributed by atoms with Gasteiger partial charge < -0.3 is 19.6 Å². The molecular formula is C27H34N2O5S. The Morgan fingerprint density at radius 2 is 2.09 bits per heavy atom. The number of aryl methyl sites for hydroxylation is 2. The topological polar surface area (TPSA) is 87.2 Å². The van der Waals surface area contributed by atoms with Crippen LogP contribution in [0.25, 0.3) is 0 Å². The molecule has 8 heteroatoms. The summed E-state index contributed by atoms with van der Waals surface area (Å²) in [7, 11) is 0. The molecule has 1 N–H and O–H groups in total. The summed E-state index contributed by atoms with van der Waals surface area (Å²) in [6.07, 6.45) is 4.58. The van der Waals surface area contributed by atoms with Gasteiger partial charge in [-0.2, -0.15) is 0 Å². The lowest BCUT2D eigenvalue weighted by atomic mass is 9.71. The first-order valence-corrected chi connectivity index (χ1v) is 13.0. The SMILES string of the molecule is C=CCOC(=O)[C@@H]1[C@@H]2CCC3(S2)C(C(=O)N(CC=C)c2cc(C)ccc2C)N([C@H](C)CO)C(=O)[C@H]13. The molecule has 3 saturated heterocycles. The lowest BCUT2D eigenvalue weighted by Gasteiger charge is -2.39. The number of hydrogen-bond acceptors (Lipinski definition) is 6. The van der Waals surface area contributed by atoms with Crippen LogP contribution in [0, 0.1) is 25.7 Å². The average Bonchev–Trinajstić information content (AvgIpc) is 3.49. The fourth-order valence-corrected chi connectivity index (χ4v) is 8.22. The van der Waals surface area contributed by atoms with Gasteiger partial charge in [-0.1, -0.05) is 30.9 Å². The molecular weight excluding hydrogens is 464 g/mol. The molecule has 2 unspecified atom stereocenters. The molecule has 188 valence electrons. The third-order valence-electron chi connectivity index (χ3n) is 7.56. The van der Waals surface area contributed by atoms with Crippen molar-refractivity contribution in [3.05, 3.63) is 54.6 Å². The van der Waals surface area contributed by atoms with Gasteiger partial charge in [0, 0.05) is 17.5 Å². The highest BCUT2D eigenvalue weighted by molar-refractivity contribution is 8.02.